The van der Waals surface area contributed by atoms with Crippen LogP contribution in [0.4, 0.5) is 0 Å². The van der Waals surface area contributed by atoms with Crippen molar-refractivity contribution in [3.8, 4) is 0 Å². The van der Waals surface area contributed by atoms with Gasteiger partial charge >= 0.3 is 0 Å². The van der Waals surface area contributed by atoms with Gasteiger partial charge in [-0.25, -0.2) is 0 Å². The van der Waals surface area contributed by atoms with Crippen LogP contribution in [-0.4, -0.2) is 28.9 Å². The average Bonchev–Trinajstić information content (AvgIpc) is 3.29. The first-order valence-electron chi connectivity index (χ1n) is 8.59. The van der Waals surface area contributed by atoms with Gasteiger partial charge in [0.15, 0.2) is 0 Å². The van der Waals surface area contributed by atoms with Crippen LogP contribution in [0.15, 0.2) is 24.3 Å². The van der Waals surface area contributed by atoms with E-state index in [4.69, 9.17) is 0 Å². The molecule has 2 heterocycles. The van der Waals surface area contributed by atoms with Crippen molar-refractivity contribution in [1.82, 2.24) is 9.88 Å². The van der Waals surface area contributed by atoms with Gasteiger partial charge in [0.05, 0.1) is 5.41 Å². The first kappa shape index (κ1) is 13.9. The van der Waals surface area contributed by atoms with Gasteiger partial charge in [-0.15, -0.1) is 0 Å². The summed E-state index contributed by atoms with van der Waals surface area (Å²) in [6.07, 6.45) is 6.87. The number of aromatic nitrogens is 1. The third-order valence-corrected chi connectivity index (χ3v) is 5.42. The molecule has 22 heavy (non-hydrogen) atoms. The number of amides is 1. The quantitative estimate of drug-likeness (QED) is 0.896. The largest absolute Gasteiger partial charge is 0.358 e. The fourth-order valence-electron chi connectivity index (χ4n) is 4.17. The standard InChI is InChI=1S/C19H24N2O/c1-14-17(15-8-4-5-9-16(15)20-14)19(10-11-19)18(22)21-12-6-2-3-7-13-21/h4-5,8-9,20H,2-3,6-7,10-13H2,1H3. The summed E-state index contributed by atoms with van der Waals surface area (Å²) in [5.74, 6) is 0.377. The van der Waals surface area contributed by atoms with E-state index in [1.54, 1.807) is 0 Å². The number of likely N-dealkylation sites (tertiary alicyclic amines) is 1. The molecule has 4 rings (SSSR count). The zero-order valence-electron chi connectivity index (χ0n) is 13.3. The van der Waals surface area contributed by atoms with E-state index < -0.39 is 0 Å². The molecule has 0 unspecified atom stereocenters. The van der Waals surface area contributed by atoms with E-state index in [0.29, 0.717) is 5.91 Å². The van der Waals surface area contributed by atoms with E-state index in [9.17, 15) is 4.79 Å². The molecule has 1 aliphatic heterocycles. The monoisotopic (exact) mass is 296 g/mol. The first-order chi connectivity index (χ1) is 10.7. The van der Waals surface area contributed by atoms with Gasteiger partial charge in [0, 0.05) is 29.7 Å². The van der Waals surface area contributed by atoms with E-state index in [0.717, 1.165) is 44.3 Å². The van der Waals surface area contributed by atoms with Crippen LogP contribution in [0.3, 0.4) is 0 Å². The lowest BCUT2D eigenvalue weighted by Gasteiger charge is -2.26. The molecule has 1 saturated carbocycles. The number of hydrogen-bond acceptors (Lipinski definition) is 1. The average molecular weight is 296 g/mol. The number of fused-ring (bicyclic) bond motifs is 1. The third kappa shape index (κ3) is 2.06. The van der Waals surface area contributed by atoms with Crippen LogP contribution >= 0.6 is 0 Å². The molecule has 0 atom stereocenters. The summed E-state index contributed by atoms with van der Waals surface area (Å²) in [7, 11) is 0. The van der Waals surface area contributed by atoms with Crippen LogP contribution in [0.5, 0.6) is 0 Å². The van der Waals surface area contributed by atoms with E-state index in [-0.39, 0.29) is 5.41 Å². The highest BCUT2D eigenvalue weighted by Gasteiger charge is 2.54. The normalized spacial score (nSPS) is 20.9. The van der Waals surface area contributed by atoms with Crippen LogP contribution < -0.4 is 0 Å². The molecule has 2 fully saturated rings. The minimum Gasteiger partial charge on any atom is -0.358 e. The number of H-pyrrole nitrogens is 1. The maximum Gasteiger partial charge on any atom is 0.233 e. The fraction of sp³-hybridized carbons (Fsp3) is 0.526. The predicted molar refractivity (Wildman–Crippen MR) is 89.0 cm³/mol. The number of carbonyl (C=O) groups excluding carboxylic acids is 1. The minimum atomic E-state index is -0.242. The highest BCUT2D eigenvalue weighted by Crippen LogP contribution is 2.53. The molecule has 1 aromatic heterocycles. The number of rotatable bonds is 2. The molecule has 1 saturated heterocycles. The first-order valence-corrected chi connectivity index (χ1v) is 8.59. The highest BCUT2D eigenvalue weighted by molar-refractivity contribution is 5.98. The second kappa shape index (κ2) is 5.15. The lowest BCUT2D eigenvalue weighted by atomic mass is 9.91. The number of para-hydroxylation sites is 1. The van der Waals surface area contributed by atoms with Crippen molar-refractivity contribution in [2.24, 2.45) is 0 Å². The van der Waals surface area contributed by atoms with Gasteiger partial charge in [0.25, 0.3) is 0 Å². The predicted octanol–water partition coefficient (Wildman–Crippen LogP) is 3.91. The Morgan fingerprint density at radius 3 is 2.45 bits per heavy atom. The lowest BCUT2D eigenvalue weighted by Crippen LogP contribution is -2.40. The maximum absolute atomic E-state index is 13.2. The second-order valence-electron chi connectivity index (χ2n) is 6.96. The summed E-state index contributed by atoms with van der Waals surface area (Å²) in [6, 6.07) is 8.39. The summed E-state index contributed by atoms with van der Waals surface area (Å²) in [4.78, 5) is 18.9. The number of benzene rings is 1. The Labute approximate surface area is 131 Å². The van der Waals surface area contributed by atoms with Crippen LogP contribution in [0, 0.1) is 6.92 Å². The summed E-state index contributed by atoms with van der Waals surface area (Å²) in [6.45, 7) is 4.01. The summed E-state index contributed by atoms with van der Waals surface area (Å²) in [5.41, 5.74) is 3.35. The Hall–Kier alpha value is -1.77. The smallest absolute Gasteiger partial charge is 0.233 e. The van der Waals surface area contributed by atoms with Crippen molar-refractivity contribution in [1.29, 1.82) is 0 Å². The molecule has 0 radical (unpaired) electrons. The van der Waals surface area contributed by atoms with Crippen LogP contribution in [0.2, 0.25) is 0 Å². The highest BCUT2D eigenvalue weighted by atomic mass is 16.2. The number of aryl methyl sites for hydroxylation is 1. The zero-order chi connectivity index (χ0) is 15.2. The van der Waals surface area contributed by atoms with Crippen molar-refractivity contribution < 1.29 is 4.79 Å². The van der Waals surface area contributed by atoms with E-state index >= 15 is 0 Å². The maximum atomic E-state index is 13.2. The van der Waals surface area contributed by atoms with E-state index in [2.05, 4.69) is 41.1 Å². The van der Waals surface area contributed by atoms with E-state index in [1.165, 1.54) is 29.5 Å². The minimum absolute atomic E-state index is 0.242. The molecule has 1 aromatic carbocycles. The lowest BCUT2D eigenvalue weighted by molar-refractivity contribution is -0.133. The number of aromatic amines is 1. The topological polar surface area (TPSA) is 36.1 Å². The number of nitrogens with one attached hydrogen (secondary N) is 1. The molecule has 2 aliphatic rings. The van der Waals surface area contributed by atoms with Crippen molar-refractivity contribution in [3.05, 3.63) is 35.5 Å². The van der Waals surface area contributed by atoms with Crippen molar-refractivity contribution in [2.45, 2.75) is 50.9 Å². The molecule has 0 bridgehead atoms. The van der Waals surface area contributed by atoms with Crippen LogP contribution in [0.1, 0.15) is 49.8 Å². The SMILES string of the molecule is Cc1[nH]c2ccccc2c1C1(C(=O)N2CCCCCC2)CC1. The molecule has 1 aliphatic carbocycles. The van der Waals surface area contributed by atoms with Gasteiger partial charge in [-0.3, -0.25) is 4.79 Å². The fourth-order valence-corrected chi connectivity index (χ4v) is 4.17. The summed E-state index contributed by atoms with van der Waals surface area (Å²) in [5, 5.41) is 1.24. The zero-order valence-corrected chi connectivity index (χ0v) is 13.3. The van der Waals surface area contributed by atoms with E-state index in [1.807, 2.05) is 0 Å². The molecule has 3 heteroatoms. The van der Waals surface area contributed by atoms with Crippen molar-refractivity contribution in [2.75, 3.05) is 13.1 Å². The summed E-state index contributed by atoms with van der Waals surface area (Å²) < 4.78 is 0. The molecule has 3 nitrogen and oxygen atoms in total. The Morgan fingerprint density at radius 2 is 1.77 bits per heavy atom. The molecule has 0 spiro atoms. The van der Waals surface area contributed by atoms with Crippen LogP contribution in [-0.2, 0) is 10.2 Å². The summed E-state index contributed by atoms with van der Waals surface area (Å²) >= 11 is 0. The van der Waals surface area contributed by atoms with Crippen molar-refractivity contribution in [3.63, 3.8) is 0 Å². The van der Waals surface area contributed by atoms with Gasteiger partial charge in [0.1, 0.15) is 0 Å². The van der Waals surface area contributed by atoms with Gasteiger partial charge in [-0.05, 0) is 44.2 Å². The molecule has 2 aromatic rings. The Morgan fingerprint density at radius 1 is 1.09 bits per heavy atom. The number of nitrogens with zero attached hydrogens (tertiary/aromatic N) is 1. The number of hydrogen-bond donors (Lipinski definition) is 1. The molecule has 1 N–H and O–H groups in total. The Kier molecular flexibility index (Phi) is 3.24. The molecule has 1 amide bonds. The van der Waals surface area contributed by atoms with Crippen LogP contribution in [0.25, 0.3) is 10.9 Å². The van der Waals surface area contributed by atoms with Gasteiger partial charge in [0.2, 0.25) is 5.91 Å². The third-order valence-electron chi connectivity index (χ3n) is 5.42. The Balaban J connectivity index is 1.73. The van der Waals surface area contributed by atoms with Gasteiger partial charge < -0.3 is 9.88 Å². The van der Waals surface area contributed by atoms with Gasteiger partial charge in [-0.2, -0.15) is 0 Å². The number of carbonyl (C=O) groups is 1. The van der Waals surface area contributed by atoms with Gasteiger partial charge in [-0.1, -0.05) is 31.0 Å². The Bertz CT molecular complexity index is 703. The second-order valence-corrected chi connectivity index (χ2v) is 6.96. The molecular formula is C19H24N2O. The van der Waals surface area contributed by atoms with Crippen molar-refractivity contribution >= 4 is 16.8 Å². The molecule has 116 valence electrons. The molecular weight excluding hydrogens is 272 g/mol.